The Morgan fingerprint density at radius 3 is 2.54 bits per heavy atom. The third kappa shape index (κ3) is 1.24. The second kappa shape index (κ2) is 2.73. The molecule has 2 rings (SSSR count). The van der Waals surface area contributed by atoms with Crippen LogP contribution in [0.5, 0.6) is 0 Å². The summed E-state index contributed by atoms with van der Waals surface area (Å²) in [6.45, 7) is 4.00. The van der Waals surface area contributed by atoms with E-state index in [1.165, 1.54) is 0 Å². The lowest BCUT2D eigenvalue weighted by molar-refractivity contribution is 0.727. The summed E-state index contributed by atoms with van der Waals surface area (Å²) in [7, 11) is 1.96. The molecule has 0 aliphatic rings. The van der Waals surface area contributed by atoms with E-state index in [1.807, 2.05) is 42.4 Å². The Balaban J connectivity index is 2.58. The lowest BCUT2D eigenvalue weighted by Crippen LogP contribution is -2.06. The van der Waals surface area contributed by atoms with Crippen LogP contribution < -0.4 is 0 Å². The van der Waals surface area contributed by atoms with Gasteiger partial charge in [0.1, 0.15) is 0 Å². The molecule has 0 unspecified atom stereocenters. The van der Waals surface area contributed by atoms with Gasteiger partial charge in [0.25, 0.3) is 0 Å². The molecule has 0 aliphatic heterocycles. The minimum atomic E-state index is 0.852. The topological polar surface area (TPSA) is 35.6 Å². The molecule has 0 spiro atoms. The maximum absolute atomic E-state index is 4.35. The Morgan fingerprint density at radius 2 is 2.08 bits per heavy atom. The third-order valence-corrected chi connectivity index (χ3v) is 1.99. The third-order valence-electron chi connectivity index (χ3n) is 1.99. The molecule has 2 aromatic heterocycles. The maximum Gasteiger partial charge on any atom is 0.230 e. The molecule has 13 heavy (non-hydrogen) atoms. The molecule has 2 aromatic rings. The van der Waals surface area contributed by atoms with Crippen molar-refractivity contribution in [1.82, 2.24) is 19.3 Å². The molecule has 0 aliphatic carbocycles. The number of nitrogens with zero attached hydrogens (tertiary/aromatic N) is 4. The minimum absolute atomic E-state index is 0.852. The van der Waals surface area contributed by atoms with Crippen LogP contribution in [0, 0.1) is 13.8 Å². The molecule has 0 saturated carbocycles. The molecular formula is C9H12N4. The second-order valence-corrected chi connectivity index (χ2v) is 3.18. The Kier molecular flexibility index (Phi) is 1.69. The van der Waals surface area contributed by atoms with Crippen molar-refractivity contribution in [2.45, 2.75) is 13.8 Å². The number of aromatic nitrogens is 4. The first-order valence-electron chi connectivity index (χ1n) is 4.19. The van der Waals surface area contributed by atoms with Crippen molar-refractivity contribution in [2.75, 3.05) is 0 Å². The first-order valence-corrected chi connectivity index (χ1v) is 4.19. The molecule has 2 heterocycles. The van der Waals surface area contributed by atoms with Crippen molar-refractivity contribution >= 4 is 0 Å². The molecule has 0 amide bonds. The molecule has 4 heteroatoms. The van der Waals surface area contributed by atoms with Gasteiger partial charge in [-0.15, -0.1) is 0 Å². The highest BCUT2D eigenvalue weighted by Crippen LogP contribution is 2.08. The van der Waals surface area contributed by atoms with E-state index in [9.17, 15) is 0 Å². The predicted molar refractivity (Wildman–Crippen MR) is 49.8 cm³/mol. The zero-order chi connectivity index (χ0) is 9.42. The second-order valence-electron chi connectivity index (χ2n) is 3.18. The van der Waals surface area contributed by atoms with E-state index in [1.54, 1.807) is 6.20 Å². The number of aryl methyl sites for hydroxylation is 3. The summed E-state index contributed by atoms with van der Waals surface area (Å²) >= 11 is 0. The van der Waals surface area contributed by atoms with Crippen LogP contribution in [0.4, 0.5) is 0 Å². The summed E-state index contributed by atoms with van der Waals surface area (Å²) in [6.07, 6.45) is 3.68. The van der Waals surface area contributed by atoms with Crippen LogP contribution in [0.25, 0.3) is 5.95 Å². The van der Waals surface area contributed by atoms with Crippen molar-refractivity contribution in [3.63, 3.8) is 0 Å². The average Bonchev–Trinajstić information content (AvgIpc) is 2.58. The van der Waals surface area contributed by atoms with Crippen LogP contribution in [0.3, 0.4) is 0 Å². The van der Waals surface area contributed by atoms with Gasteiger partial charge in [-0.25, -0.2) is 9.67 Å². The van der Waals surface area contributed by atoms with Crippen LogP contribution in [0.15, 0.2) is 18.5 Å². The fourth-order valence-electron chi connectivity index (χ4n) is 1.39. The van der Waals surface area contributed by atoms with Gasteiger partial charge in [-0.05, 0) is 19.9 Å². The average molecular weight is 176 g/mol. The fraction of sp³-hybridized carbons (Fsp3) is 0.333. The Labute approximate surface area is 76.8 Å². The molecule has 0 bridgehead atoms. The molecule has 0 fully saturated rings. The van der Waals surface area contributed by atoms with E-state index < -0.39 is 0 Å². The van der Waals surface area contributed by atoms with Gasteiger partial charge in [0, 0.05) is 25.1 Å². The smallest absolute Gasteiger partial charge is 0.230 e. The van der Waals surface area contributed by atoms with Crippen LogP contribution in [0.1, 0.15) is 11.4 Å². The van der Waals surface area contributed by atoms with Crippen molar-refractivity contribution in [3.8, 4) is 5.95 Å². The highest BCUT2D eigenvalue weighted by atomic mass is 15.4. The number of imidazole rings is 1. The molecule has 68 valence electrons. The summed E-state index contributed by atoms with van der Waals surface area (Å²) in [5, 5.41) is 4.35. The number of hydrogen-bond acceptors (Lipinski definition) is 2. The van der Waals surface area contributed by atoms with E-state index >= 15 is 0 Å². The lowest BCUT2D eigenvalue weighted by Gasteiger charge is -2.02. The summed E-state index contributed by atoms with van der Waals surface area (Å²) in [6, 6.07) is 2.04. The van der Waals surface area contributed by atoms with Crippen molar-refractivity contribution in [2.24, 2.45) is 7.05 Å². The lowest BCUT2D eigenvalue weighted by atomic mass is 10.4. The van der Waals surface area contributed by atoms with Crippen molar-refractivity contribution in [3.05, 3.63) is 29.8 Å². The zero-order valence-corrected chi connectivity index (χ0v) is 8.02. The van der Waals surface area contributed by atoms with Crippen LogP contribution in [-0.4, -0.2) is 19.3 Å². The summed E-state index contributed by atoms with van der Waals surface area (Å²) in [5.41, 5.74) is 2.12. The van der Waals surface area contributed by atoms with E-state index in [-0.39, 0.29) is 0 Å². The summed E-state index contributed by atoms with van der Waals surface area (Å²) < 4.78 is 3.79. The normalized spacial score (nSPS) is 10.7. The first kappa shape index (κ1) is 8.04. The SMILES string of the molecule is Cc1cc(C)n(-c2nccn2C)n1. The van der Waals surface area contributed by atoms with Gasteiger partial charge in [-0.2, -0.15) is 5.10 Å². The maximum atomic E-state index is 4.35. The van der Waals surface area contributed by atoms with Gasteiger partial charge in [-0.3, -0.25) is 0 Å². The largest absolute Gasteiger partial charge is 0.319 e. The molecule has 0 saturated heterocycles. The molecule has 0 aromatic carbocycles. The van der Waals surface area contributed by atoms with Crippen LogP contribution in [-0.2, 0) is 7.05 Å². The van der Waals surface area contributed by atoms with Crippen LogP contribution in [0.2, 0.25) is 0 Å². The van der Waals surface area contributed by atoms with E-state index in [0.717, 1.165) is 17.3 Å². The summed E-state index contributed by atoms with van der Waals surface area (Å²) in [4.78, 5) is 4.22. The molecule has 0 atom stereocenters. The Hall–Kier alpha value is -1.58. The van der Waals surface area contributed by atoms with Gasteiger partial charge in [0.15, 0.2) is 0 Å². The highest BCUT2D eigenvalue weighted by Gasteiger charge is 2.06. The predicted octanol–water partition coefficient (Wildman–Crippen LogP) is 1.22. The highest BCUT2D eigenvalue weighted by molar-refractivity contribution is 5.19. The van der Waals surface area contributed by atoms with Gasteiger partial charge in [0.2, 0.25) is 5.95 Å². The quantitative estimate of drug-likeness (QED) is 0.655. The van der Waals surface area contributed by atoms with Crippen molar-refractivity contribution < 1.29 is 0 Å². The Bertz CT molecular complexity index is 425. The van der Waals surface area contributed by atoms with Crippen LogP contribution >= 0.6 is 0 Å². The monoisotopic (exact) mass is 176 g/mol. The number of rotatable bonds is 1. The molecule has 0 radical (unpaired) electrons. The van der Waals surface area contributed by atoms with E-state index in [4.69, 9.17) is 0 Å². The van der Waals surface area contributed by atoms with Gasteiger partial charge >= 0.3 is 0 Å². The zero-order valence-electron chi connectivity index (χ0n) is 8.02. The Morgan fingerprint density at radius 1 is 1.31 bits per heavy atom. The van der Waals surface area contributed by atoms with Crippen molar-refractivity contribution in [1.29, 1.82) is 0 Å². The standard InChI is InChI=1S/C9H12N4/c1-7-6-8(2)13(11-7)9-10-4-5-12(9)3/h4-6H,1-3H3. The molecule has 4 nitrogen and oxygen atoms in total. The minimum Gasteiger partial charge on any atom is -0.319 e. The van der Waals surface area contributed by atoms with E-state index in [2.05, 4.69) is 10.1 Å². The number of hydrogen-bond donors (Lipinski definition) is 0. The van der Waals surface area contributed by atoms with Gasteiger partial charge < -0.3 is 4.57 Å². The van der Waals surface area contributed by atoms with E-state index in [0.29, 0.717) is 0 Å². The first-order chi connectivity index (χ1) is 6.18. The molecule has 0 N–H and O–H groups in total. The van der Waals surface area contributed by atoms with Gasteiger partial charge in [0.05, 0.1) is 5.69 Å². The molecular weight excluding hydrogens is 164 g/mol. The fourth-order valence-corrected chi connectivity index (χ4v) is 1.39. The summed E-state index contributed by atoms with van der Waals surface area (Å²) in [5.74, 6) is 0.852. The van der Waals surface area contributed by atoms with Gasteiger partial charge in [-0.1, -0.05) is 0 Å².